The van der Waals surface area contributed by atoms with Crippen LogP contribution in [0.25, 0.3) is 0 Å². The Kier molecular flexibility index (Phi) is 4.80. The van der Waals surface area contributed by atoms with Crippen LogP contribution in [0.2, 0.25) is 0 Å². The van der Waals surface area contributed by atoms with E-state index in [9.17, 15) is 14.4 Å². The van der Waals surface area contributed by atoms with Crippen molar-refractivity contribution in [3.8, 4) is 0 Å². The Labute approximate surface area is 129 Å². The van der Waals surface area contributed by atoms with E-state index in [4.69, 9.17) is 4.74 Å². The number of benzene rings is 1. The Bertz CT molecular complexity index is 573. The minimum absolute atomic E-state index is 0.301. The summed E-state index contributed by atoms with van der Waals surface area (Å²) in [5, 5.41) is 2.65. The normalized spacial score (nSPS) is 20.9. The Morgan fingerprint density at radius 1 is 1.27 bits per heavy atom. The molecule has 0 aromatic heterocycles. The molecule has 1 fully saturated rings. The molecular weight excluding hydrogens is 284 g/mol. The van der Waals surface area contributed by atoms with Gasteiger partial charge < -0.3 is 10.1 Å². The van der Waals surface area contributed by atoms with Gasteiger partial charge in [-0.3, -0.25) is 14.5 Å². The zero-order chi connectivity index (χ0) is 16.2. The number of urea groups is 1. The predicted molar refractivity (Wildman–Crippen MR) is 79.9 cm³/mol. The third kappa shape index (κ3) is 3.10. The fourth-order valence-corrected chi connectivity index (χ4v) is 2.31. The van der Waals surface area contributed by atoms with Crippen LogP contribution in [-0.4, -0.2) is 36.0 Å². The molecule has 1 N–H and O–H groups in total. The van der Waals surface area contributed by atoms with Gasteiger partial charge in [-0.1, -0.05) is 43.7 Å². The second kappa shape index (κ2) is 6.60. The highest BCUT2D eigenvalue weighted by molar-refractivity contribution is 6.08. The molecule has 1 atom stereocenters. The molecule has 2 rings (SSSR count). The minimum Gasteiger partial charge on any atom is -0.464 e. The minimum atomic E-state index is -1.15. The monoisotopic (exact) mass is 304 g/mol. The van der Waals surface area contributed by atoms with Crippen molar-refractivity contribution >= 4 is 17.9 Å². The topological polar surface area (TPSA) is 75.7 Å². The number of carbonyl (C=O) groups is 3. The van der Waals surface area contributed by atoms with Crippen LogP contribution in [0.15, 0.2) is 30.3 Å². The van der Waals surface area contributed by atoms with Gasteiger partial charge in [-0.05, 0) is 18.9 Å². The molecule has 0 radical (unpaired) electrons. The predicted octanol–water partition coefficient (Wildman–Crippen LogP) is 1.80. The summed E-state index contributed by atoms with van der Waals surface area (Å²) in [7, 11) is 0. The fourth-order valence-electron chi connectivity index (χ4n) is 2.31. The van der Waals surface area contributed by atoms with E-state index in [1.165, 1.54) is 0 Å². The van der Waals surface area contributed by atoms with E-state index in [0.29, 0.717) is 12.2 Å². The number of ether oxygens (including phenoxy) is 1. The van der Waals surface area contributed by atoms with E-state index < -0.39 is 23.4 Å². The highest BCUT2D eigenvalue weighted by Crippen LogP contribution is 2.28. The van der Waals surface area contributed by atoms with Crippen LogP contribution >= 0.6 is 0 Å². The molecular formula is C16H20N2O4. The molecule has 6 nitrogen and oxygen atoms in total. The maximum Gasteiger partial charge on any atom is 0.326 e. The molecule has 118 valence electrons. The molecule has 1 aliphatic rings. The summed E-state index contributed by atoms with van der Waals surface area (Å²) in [6, 6.07) is 8.37. The maximum atomic E-state index is 12.5. The number of nitrogens with zero attached hydrogens (tertiary/aromatic N) is 1. The molecule has 0 bridgehead atoms. The average Bonchev–Trinajstić information content (AvgIpc) is 2.73. The number of esters is 1. The largest absolute Gasteiger partial charge is 0.464 e. The van der Waals surface area contributed by atoms with E-state index in [0.717, 1.165) is 17.7 Å². The number of hydrogen-bond donors (Lipinski definition) is 1. The molecule has 1 aromatic rings. The van der Waals surface area contributed by atoms with Crippen molar-refractivity contribution in [3.63, 3.8) is 0 Å². The van der Waals surface area contributed by atoms with Gasteiger partial charge in [-0.2, -0.15) is 0 Å². The van der Waals surface area contributed by atoms with Crippen LogP contribution < -0.4 is 5.32 Å². The first kappa shape index (κ1) is 16.0. The second-order valence-corrected chi connectivity index (χ2v) is 5.39. The van der Waals surface area contributed by atoms with Crippen molar-refractivity contribution in [3.05, 3.63) is 35.9 Å². The molecule has 0 saturated carbocycles. The molecule has 1 heterocycles. The number of amides is 3. The third-order valence-corrected chi connectivity index (χ3v) is 3.67. The number of nitrogens with one attached hydrogen (secondary N) is 1. The van der Waals surface area contributed by atoms with Crippen molar-refractivity contribution in [2.45, 2.75) is 32.2 Å². The molecule has 1 aromatic carbocycles. The van der Waals surface area contributed by atoms with Gasteiger partial charge in [-0.25, -0.2) is 4.79 Å². The number of hydrogen-bond acceptors (Lipinski definition) is 4. The number of imide groups is 1. The average molecular weight is 304 g/mol. The van der Waals surface area contributed by atoms with Gasteiger partial charge in [0.15, 0.2) is 0 Å². The van der Waals surface area contributed by atoms with Gasteiger partial charge in [0.1, 0.15) is 12.1 Å². The van der Waals surface area contributed by atoms with E-state index in [-0.39, 0.29) is 6.54 Å². The second-order valence-electron chi connectivity index (χ2n) is 5.39. The summed E-state index contributed by atoms with van der Waals surface area (Å²) < 4.78 is 5.00. The number of unbranched alkanes of at least 4 members (excludes halogenated alkanes) is 1. The lowest BCUT2D eigenvalue weighted by molar-refractivity contribution is -0.147. The highest BCUT2D eigenvalue weighted by Gasteiger charge is 2.49. The van der Waals surface area contributed by atoms with Crippen LogP contribution in [0.3, 0.4) is 0 Å². The Balaban J connectivity index is 2.07. The van der Waals surface area contributed by atoms with Crippen molar-refractivity contribution < 1.29 is 19.1 Å². The molecule has 0 spiro atoms. The lowest BCUT2D eigenvalue weighted by atomic mass is 9.92. The summed E-state index contributed by atoms with van der Waals surface area (Å²) >= 11 is 0. The summed E-state index contributed by atoms with van der Waals surface area (Å²) in [6.45, 7) is 3.55. The van der Waals surface area contributed by atoms with Gasteiger partial charge >= 0.3 is 12.0 Å². The first-order valence-electron chi connectivity index (χ1n) is 7.34. The standard InChI is InChI=1S/C16H20N2O4/c1-3-4-10-22-13(19)11-18-14(20)16(2,17-15(18)21)12-8-6-5-7-9-12/h5-9H,3-4,10-11H2,1-2H3,(H,17,21). The lowest BCUT2D eigenvalue weighted by Crippen LogP contribution is -2.41. The summed E-state index contributed by atoms with van der Waals surface area (Å²) in [5.41, 5.74) is -0.475. The van der Waals surface area contributed by atoms with E-state index in [1.54, 1.807) is 31.2 Å². The van der Waals surface area contributed by atoms with Crippen LogP contribution in [0.5, 0.6) is 0 Å². The Hall–Kier alpha value is -2.37. The highest BCUT2D eigenvalue weighted by atomic mass is 16.5. The van der Waals surface area contributed by atoms with E-state index >= 15 is 0 Å². The van der Waals surface area contributed by atoms with Gasteiger partial charge in [-0.15, -0.1) is 0 Å². The fraction of sp³-hybridized carbons (Fsp3) is 0.438. The molecule has 1 unspecified atom stereocenters. The van der Waals surface area contributed by atoms with E-state index in [2.05, 4.69) is 5.32 Å². The molecule has 3 amide bonds. The Morgan fingerprint density at radius 3 is 2.59 bits per heavy atom. The van der Waals surface area contributed by atoms with Crippen LogP contribution in [0.1, 0.15) is 32.3 Å². The van der Waals surface area contributed by atoms with Crippen molar-refractivity contribution in [2.24, 2.45) is 0 Å². The van der Waals surface area contributed by atoms with Gasteiger partial charge in [0.25, 0.3) is 5.91 Å². The first-order valence-corrected chi connectivity index (χ1v) is 7.34. The SMILES string of the molecule is CCCCOC(=O)CN1C(=O)NC(C)(c2ccccc2)C1=O. The van der Waals surface area contributed by atoms with E-state index in [1.807, 2.05) is 13.0 Å². The number of carbonyl (C=O) groups excluding carboxylic acids is 3. The van der Waals surface area contributed by atoms with Gasteiger partial charge in [0.2, 0.25) is 0 Å². The lowest BCUT2D eigenvalue weighted by Gasteiger charge is -2.21. The molecule has 1 aliphatic heterocycles. The third-order valence-electron chi connectivity index (χ3n) is 3.67. The van der Waals surface area contributed by atoms with Gasteiger partial charge in [0, 0.05) is 0 Å². The molecule has 22 heavy (non-hydrogen) atoms. The quantitative estimate of drug-likeness (QED) is 0.494. The summed E-state index contributed by atoms with van der Waals surface area (Å²) in [4.78, 5) is 37.2. The Morgan fingerprint density at radius 2 is 1.95 bits per heavy atom. The smallest absolute Gasteiger partial charge is 0.326 e. The molecule has 0 aliphatic carbocycles. The first-order chi connectivity index (χ1) is 10.5. The summed E-state index contributed by atoms with van der Waals surface area (Å²) in [5.74, 6) is -1.02. The zero-order valence-electron chi connectivity index (χ0n) is 12.8. The molecule has 1 saturated heterocycles. The van der Waals surface area contributed by atoms with Crippen molar-refractivity contribution in [1.29, 1.82) is 0 Å². The van der Waals surface area contributed by atoms with Crippen LogP contribution in [0.4, 0.5) is 4.79 Å². The van der Waals surface area contributed by atoms with Gasteiger partial charge in [0.05, 0.1) is 6.61 Å². The zero-order valence-corrected chi connectivity index (χ0v) is 12.8. The van der Waals surface area contributed by atoms with Crippen LogP contribution in [-0.2, 0) is 19.9 Å². The summed E-state index contributed by atoms with van der Waals surface area (Å²) in [6.07, 6.45) is 1.66. The number of rotatable bonds is 6. The van der Waals surface area contributed by atoms with Crippen molar-refractivity contribution in [1.82, 2.24) is 10.2 Å². The van der Waals surface area contributed by atoms with Crippen LogP contribution in [0, 0.1) is 0 Å². The maximum absolute atomic E-state index is 12.5. The molecule has 6 heteroatoms. The van der Waals surface area contributed by atoms with Crippen molar-refractivity contribution in [2.75, 3.05) is 13.2 Å².